The number of nitriles is 1. The van der Waals surface area contributed by atoms with Gasteiger partial charge < -0.3 is 15.6 Å². The van der Waals surface area contributed by atoms with Crippen molar-refractivity contribution in [2.24, 2.45) is 0 Å². The van der Waals surface area contributed by atoms with Gasteiger partial charge in [-0.3, -0.25) is 0 Å². The van der Waals surface area contributed by atoms with Crippen molar-refractivity contribution in [3.05, 3.63) is 60.1 Å². The number of H-pyrrole nitrogens is 1. The Morgan fingerprint density at radius 1 is 1.03 bits per heavy atom. The predicted molar refractivity (Wildman–Crippen MR) is 119 cm³/mol. The van der Waals surface area contributed by atoms with Gasteiger partial charge >= 0.3 is 0 Å². The highest BCUT2D eigenvalue weighted by molar-refractivity contribution is 5.94. The molecule has 1 aromatic carbocycles. The van der Waals surface area contributed by atoms with Crippen molar-refractivity contribution in [3.8, 4) is 17.5 Å². The van der Waals surface area contributed by atoms with Gasteiger partial charge in [0.15, 0.2) is 17.5 Å². The zero-order valence-corrected chi connectivity index (χ0v) is 17.8. The van der Waals surface area contributed by atoms with Crippen molar-refractivity contribution in [3.63, 3.8) is 0 Å². The summed E-state index contributed by atoms with van der Waals surface area (Å²) in [6.45, 7) is 0. The number of aromatic nitrogens is 5. The zero-order valence-electron chi connectivity index (χ0n) is 17.8. The third kappa shape index (κ3) is 4.34. The van der Waals surface area contributed by atoms with Crippen LogP contribution < -0.4 is 10.6 Å². The molecule has 172 valence electrons. The van der Waals surface area contributed by atoms with E-state index in [1.165, 1.54) is 18.5 Å². The van der Waals surface area contributed by atoms with Crippen molar-refractivity contribution in [1.29, 1.82) is 5.26 Å². The number of nitrogens with zero attached hydrogens (tertiary/aromatic N) is 5. The summed E-state index contributed by atoms with van der Waals surface area (Å²) in [5.74, 6) is -1.25. The topological polar surface area (TPSA) is 115 Å². The quantitative estimate of drug-likeness (QED) is 0.397. The molecule has 0 unspecified atom stereocenters. The molecule has 34 heavy (non-hydrogen) atoms. The standard InChI is InChI=1S/C23H19F3N8/c24-12-6-15-16(10-29-21(15)17(25)7-12)22-30-11-18(26)23(34-22)32-14-3-1-2-13(8-14)31-19-4-5-28-20(9-27)33-19/h4-7,10-11,13-14,29H,1-3,8H2,(H,28,31,33)(H,30,32,34)/t13-,14+/m1/s1. The van der Waals surface area contributed by atoms with Gasteiger partial charge in [0.1, 0.15) is 23.5 Å². The molecule has 0 amide bonds. The molecule has 1 aliphatic rings. The smallest absolute Gasteiger partial charge is 0.234 e. The molecule has 0 radical (unpaired) electrons. The van der Waals surface area contributed by atoms with Crippen molar-refractivity contribution >= 4 is 22.5 Å². The van der Waals surface area contributed by atoms with Gasteiger partial charge in [0, 0.05) is 41.5 Å². The van der Waals surface area contributed by atoms with E-state index >= 15 is 0 Å². The van der Waals surface area contributed by atoms with Crippen LogP contribution in [0.5, 0.6) is 0 Å². The molecule has 11 heteroatoms. The molecule has 0 bridgehead atoms. The maximum atomic E-state index is 14.6. The summed E-state index contributed by atoms with van der Waals surface area (Å²) >= 11 is 0. The van der Waals surface area contributed by atoms with E-state index in [1.807, 2.05) is 6.07 Å². The first-order chi connectivity index (χ1) is 16.5. The number of fused-ring (bicyclic) bond motifs is 1. The van der Waals surface area contributed by atoms with Crippen molar-refractivity contribution in [2.45, 2.75) is 37.8 Å². The second-order valence-electron chi connectivity index (χ2n) is 8.13. The summed E-state index contributed by atoms with van der Waals surface area (Å²) in [6, 6.07) is 5.58. The van der Waals surface area contributed by atoms with Crippen LogP contribution in [0.1, 0.15) is 31.5 Å². The van der Waals surface area contributed by atoms with Crippen LogP contribution in [0.25, 0.3) is 22.3 Å². The third-order valence-electron chi connectivity index (χ3n) is 5.81. The van der Waals surface area contributed by atoms with Crippen molar-refractivity contribution in [2.75, 3.05) is 10.6 Å². The SMILES string of the molecule is N#Cc1nccc(N[C@@H]2CCC[C@H](Nc3nc(-c4c[nH]c5c(F)cc(F)cc45)ncc3F)C2)n1. The largest absolute Gasteiger partial charge is 0.367 e. The first kappa shape index (κ1) is 21.6. The van der Waals surface area contributed by atoms with Crippen LogP contribution in [0, 0.1) is 28.8 Å². The van der Waals surface area contributed by atoms with Gasteiger partial charge in [-0.25, -0.2) is 33.1 Å². The van der Waals surface area contributed by atoms with Crippen molar-refractivity contribution in [1.82, 2.24) is 24.9 Å². The number of aromatic amines is 1. The van der Waals surface area contributed by atoms with E-state index in [-0.39, 0.29) is 40.5 Å². The summed E-state index contributed by atoms with van der Waals surface area (Å²) < 4.78 is 42.4. The molecule has 0 spiro atoms. The van der Waals surface area contributed by atoms with Crippen LogP contribution in [-0.2, 0) is 0 Å². The van der Waals surface area contributed by atoms with Gasteiger partial charge in [-0.05, 0) is 37.8 Å². The lowest BCUT2D eigenvalue weighted by Crippen LogP contribution is -2.35. The van der Waals surface area contributed by atoms with Crippen LogP contribution in [0.2, 0.25) is 0 Å². The number of hydrogen-bond acceptors (Lipinski definition) is 7. The minimum atomic E-state index is -0.729. The van der Waals surface area contributed by atoms with Crippen LogP contribution in [0.4, 0.5) is 24.8 Å². The number of benzene rings is 1. The molecule has 0 aliphatic heterocycles. The normalized spacial score (nSPS) is 17.9. The average molecular weight is 464 g/mol. The van der Waals surface area contributed by atoms with E-state index < -0.39 is 17.5 Å². The molecule has 3 heterocycles. The third-order valence-corrected chi connectivity index (χ3v) is 5.81. The Hall–Kier alpha value is -4.20. The lowest BCUT2D eigenvalue weighted by atomic mass is 9.91. The minimum absolute atomic E-state index is 0.0238. The Morgan fingerprint density at radius 3 is 2.68 bits per heavy atom. The molecule has 3 aromatic heterocycles. The van der Waals surface area contributed by atoms with Crippen LogP contribution in [-0.4, -0.2) is 37.0 Å². The molecule has 0 saturated heterocycles. The molecule has 5 rings (SSSR count). The highest BCUT2D eigenvalue weighted by Crippen LogP contribution is 2.30. The van der Waals surface area contributed by atoms with Crippen molar-refractivity contribution < 1.29 is 13.2 Å². The molecule has 1 aliphatic carbocycles. The van der Waals surface area contributed by atoms with Crippen LogP contribution in [0.3, 0.4) is 0 Å². The molecular formula is C23H19F3N8. The molecule has 1 saturated carbocycles. The average Bonchev–Trinajstić information content (AvgIpc) is 3.25. The van der Waals surface area contributed by atoms with E-state index in [2.05, 4.69) is 35.6 Å². The lowest BCUT2D eigenvalue weighted by molar-refractivity contribution is 0.424. The summed E-state index contributed by atoms with van der Waals surface area (Å²) in [7, 11) is 0. The predicted octanol–water partition coefficient (Wildman–Crippen LogP) is 4.54. The number of rotatable bonds is 5. The fourth-order valence-electron chi connectivity index (χ4n) is 4.29. The second-order valence-corrected chi connectivity index (χ2v) is 8.13. The second kappa shape index (κ2) is 8.97. The Morgan fingerprint density at radius 2 is 1.85 bits per heavy atom. The number of nitrogens with one attached hydrogen (secondary N) is 3. The summed E-state index contributed by atoms with van der Waals surface area (Å²) in [5.41, 5.74) is 0.501. The first-order valence-electron chi connectivity index (χ1n) is 10.8. The number of anilines is 2. The number of halogens is 3. The zero-order chi connectivity index (χ0) is 23.7. The Bertz CT molecular complexity index is 1400. The van der Waals surface area contributed by atoms with E-state index in [0.29, 0.717) is 17.8 Å². The van der Waals surface area contributed by atoms with Gasteiger partial charge in [0.25, 0.3) is 0 Å². The molecule has 4 aromatic rings. The van der Waals surface area contributed by atoms with Gasteiger partial charge in [-0.1, -0.05) is 0 Å². The summed E-state index contributed by atoms with van der Waals surface area (Å²) in [4.78, 5) is 19.1. The lowest BCUT2D eigenvalue weighted by Gasteiger charge is -2.31. The van der Waals surface area contributed by atoms with E-state index in [9.17, 15) is 13.2 Å². The first-order valence-corrected chi connectivity index (χ1v) is 10.8. The van der Waals surface area contributed by atoms with Gasteiger partial charge in [-0.2, -0.15) is 5.26 Å². The van der Waals surface area contributed by atoms with E-state index in [4.69, 9.17) is 5.26 Å². The van der Waals surface area contributed by atoms with Gasteiger partial charge in [0.05, 0.1) is 11.7 Å². The maximum absolute atomic E-state index is 14.6. The van der Waals surface area contributed by atoms with Crippen LogP contribution in [0.15, 0.2) is 36.8 Å². The number of hydrogen-bond donors (Lipinski definition) is 3. The van der Waals surface area contributed by atoms with E-state index in [1.54, 1.807) is 6.07 Å². The molecule has 2 atom stereocenters. The molecule has 8 nitrogen and oxygen atoms in total. The highest BCUT2D eigenvalue weighted by atomic mass is 19.1. The minimum Gasteiger partial charge on any atom is -0.367 e. The Kier molecular flexibility index (Phi) is 5.71. The summed E-state index contributed by atoms with van der Waals surface area (Å²) in [6.07, 6.45) is 7.32. The molecule has 3 N–H and O–H groups in total. The highest BCUT2D eigenvalue weighted by Gasteiger charge is 2.24. The Labute approximate surface area is 192 Å². The fraction of sp³-hybridized carbons (Fsp3) is 0.261. The summed E-state index contributed by atoms with van der Waals surface area (Å²) in [5, 5.41) is 15.7. The molecule has 1 fully saturated rings. The monoisotopic (exact) mass is 464 g/mol. The Balaban J connectivity index is 1.35. The van der Waals surface area contributed by atoms with E-state index in [0.717, 1.165) is 31.5 Å². The molecular weight excluding hydrogens is 445 g/mol. The maximum Gasteiger partial charge on any atom is 0.234 e. The van der Waals surface area contributed by atoms with Gasteiger partial charge in [-0.15, -0.1) is 0 Å². The van der Waals surface area contributed by atoms with Gasteiger partial charge in [0.2, 0.25) is 5.82 Å². The fourth-order valence-corrected chi connectivity index (χ4v) is 4.29. The van der Waals surface area contributed by atoms with Crippen LogP contribution >= 0.6 is 0 Å².